The molecule has 1 fully saturated rings. The first-order valence-electron chi connectivity index (χ1n) is 5.40. The van der Waals surface area contributed by atoms with Gasteiger partial charge in [-0.2, -0.15) is 0 Å². The molecule has 6 heteroatoms. The van der Waals surface area contributed by atoms with Crippen LogP contribution in [0, 0.1) is 0 Å². The molecule has 1 saturated heterocycles. The van der Waals surface area contributed by atoms with E-state index >= 15 is 0 Å². The van der Waals surface area contributed by atoms with Gasteiger partial charge in [0.25, 0.3) is 0 Å². The lowest BCUT2D eigenvalue weighted by Gasteiger charge is -2.29. The molecule has 0 spiro atoms. The first-order valence-corrected chi connectivity index (χ1v) is 7.11. The minimum atomic E-state index is -3.28. The Labute approximate surface area is 92.1 Å². The van der Waals surface area contributed by atoms with Gasteiger partial charge in [-0.15, -0.1) is 0 Å². The van der Waals surface area contributed by atoms with Gasteiger partial charge in [-0.1, -0.05) is 0 Å². The molecule has 1 rings (SSSR count). The highest BCUT2D eigenvalue weighted by Crippen LogP contribution is 2.07. The van der Waals surface area contributed by atoms with Gasteiger partial charge < -0.3 is 10.2 Å². The van der Waals surface area contributed by atoms with Crippen molar-refractivity contribution >= 4 is 10.0 Å². The van der Waals surface area contributed by atoms with Crippen LogP contribution in [0.1, 0.15) is 19.3 Å². The van der Waals surface area contributed by atoms with E-state index < -0.39 is 10.0 Å². The summed E-state index contributed by atoms with van der Waals surface area (Å²) in [6, 6.07) is 0.543. The summed E-state index contributed by atoms with van der Waals surface area (Å²) in [6.45, 7) is 2.98. The number of sulfonamides is 1. The Hall–Kier alpha value is -0.170. The molecule has 0 unspecified atom stereocenters. The van der Waals surface area contributed by atoms with Crippen molar-refractivity contribution in [3.63, 3.8) is 0 Å². The number of hydrogen-bond acceptors (Lipinski definition) is 4. The maximum Gasteiger partial charge on any atom is 0.209 e. The number of nitrogens with two attached hydrogens (primary N) is 1. The van der Waals surface area contributed by atoms with Crippen molar-refractivity contribution in [2.45, 2.75) is 25.3 Å². The molecule has 1 aliphatic rings. The van der Waals surface area contributed by atoms with Crippen LogP contribution in [0.4, 0.5) is 0 Å². The zero-order chi connectivity index (χ0) is 11.3. The van der Waals surface area contributed by atoms with Gasteiger partial charge in [0, 0.05) is 6.04 Å². The molecule has 1 aliphatic heterocycles. The summed E-state index contributed by atoms with van der Waals surface area (Å²) in [7, 11) is -1.16. The predicted molar refractivity (Wildman–Crippen MR) is 61.1 cm³/mol. The van der Waals surface area contributed by atoms with Gasteiger partial charge in [0.15, 0.2) is 0 Å². The number of piperidine rings is 1. The fourth-order valence-corrected chi connectivity index (χ4v) is 2.34. The van der Waals surface area contributed by atoms with Crippen LogP contribution in [0.5, 0.6) is 0 Å². The molecule has 3 N–H and O–H groups in total. The van der Waals surface area contributed by atoms with Crippen molar-refractivity contribution in [2.24, 2.45) is 5.14 Å². The molecule has 0 atom stereocenters. The van der Waals surface area contributed by atoms with E-state index in [9.17, 15) is 8.42 Å². The van der Waals surface area contributed by atoms with Crippen molar-refractivity contribution in [3.05, 3.63) is 0 Å². The van der Waals surface area contributed by atoms with Gasteiger partial charge >= 0.3 is 0 Å². The highest BCUT2D eigenvalue weighted by Gasteiger charge is 2.15. The zero-order valence-corrected chi connectivity index (χ0v) is 10.1. The van der Waals surface area contributed by atoms with Gasteiger partial charge in [0.2, 0.25) is 10.0 Å². The topological polar surface area (TPSA) is 75.4 Å². The summed E-state index contributed by atoms with van der Waals surface area (Å²) in [5.74, 6) is 0.0760. The van der Waals surface area contributed by atoms with E-state index in [1.807, 2.05) is 0 Å². The minimum Gasteiger partial charge on any atom is -0.314 e. The Morgan fingerprint density at radius 2 is 2.00 bits per heavy atom. The van der Waals surface area contributed by atoms with Crippen molar-refractivity contribution in [3.8, 4) is 0 Å². The normalized spacial score (nSPS) is 20.7. The molecule has 0 bridgehead atoms. The van der Waals surface area contributed by atoms with Crippen molar-refractivity contribution in [1.82, 2.24) is 10.2 Å². The second kappa shape index (κ2) is 5.79. The van der Waals surface area contributed by atoms with E-state index in [0.717, 1.165) is 32.5 Å². The maximum atomic E-state index is 10.7. The molecule has 0 aliphatic carbocycles. The van der Waals surface area contributed by atoms with Crippen LogP contribution in [0.2, 0.25) is 0 Å². The smallest absolute Gasteiger partial charge is 0.209 e. The van der Waals surface area contributed by atoms with E-state index in [0.29, 0.717) is 12.5 Å². The summed E-state index contributed by atoms with van der Waals surface area (Å²) < 4.78 is 21.3. The fourth-order valence-electron chi connectivity index (χ4n) is 1.79. The molecule has 0 aromatic heterocycles. The molecule has 5 nitrogen and oxygen atoms in total. The lowest BCUT2D eigenvalue weighted by Crippen LogP contribution is -2.41. The highest BCUT2D eigenvalue weighted by atomic mass is 32.2. The number of nitrogens with zero attached hydrogens (tertiary/aromatic N) is 1. The van der Waals surface area contributed by atoms with Gasteiger partial charge in [-0.25, -0.2) is 13.6 Å². The molecule has 0 radical (unpaired) electrons. The fraction of sp³-hybridized carbons (Fsp3) is 1.00. The summed E-state index contributed by atoms with van der Waals surface area (Å²) in [5, 5.41) is 8.28. The molecule has 0 amide bonds. The van der Waals surface area contributed by atoms with Crippen LogP contribution < -0.4 is 10.5 Å². The van der Waals surface area contributed by atoms with Crippen LogP contribution in [-0.4, -0.2) is 51.8 Å². The van der Waals surface area contributed by atoms with Crippen molar-refractivity contribution in [1.29, 1.82) is 0 Å². The van der Waals surface area contributed by atoms with Crippen LogP contribution in [-0.2, 0) is 10.0 Å². The number of primary sulfonamides is 1. The number of hydrogen-bond donors (Lipinski definition) is 2. The van der Waals surface area contributed by atoms with Crippen molar-refractivity contribution < 1.29 is 8.42 Å². The average molecular weight is 235 g/mol. The first kappa shape index (κ1) is 12.9. The van der Waals surface area contributed by atoms with Gasteiger partial charge in [0.1, 0.15) is 0 Å². The Kier molecular flexibility index (Phi) is 4.98. The van der Waals surface area contributed by atoms with Crippen LogP contribution >= 0.6 is 0 Å². The monoisotopic (exact) mass is 235 g/mol. The second-order valence-electron chi connectivity index (χ2n) is 4.25. The summed E-state index contributed by atoms with van der Waals surface area (Å²) >= 11 is 0. The molecular weight excluding hydrogens is 214 g/mol. The van der Waals surface area contributed by atoms with Crippen LogP contribution in [0.3, 0.4) is 0 Å². The molecular formula is C9H21N3O2S. The molecule has 15 heavy (non-hydrogen) atoms. The second-order valence-corrected chi connectivity index (χ2v) is 5.99. The minimum absolute atomic E-state index is 0.0760. The molecule has 90 valence electrons. The van der Waals surface area contributed by atoms with E-state index in [2.05, 4.69) is 17.3 Å². The van der Waals surface area contributed by atoms with Crippen LogP contribution in [0.15, 0.2) is 0 Å². The molecule has 0 saturated carbocycles. The summed E-state index contributed by atoms with van der Waals surface area (Å²) in [5.41, 5.74) is 0. The highest BCUT2D eigenvalue weighted by molar-refractivity contribution is 7.89. The third kappa shape index (κ3) is 6.09. The average Bonchev–Trinajstić information content (AvgIpc) is 2.14. The first-order chi connectivity index (χ1) is 6.97. The molecule has 0 aromatic carbocycles. The van der Waals surface area contributed by atoms with Gasteiger partial charge in [-0.05, 0) is 45.9 Å². The predicted octanol–water partition coefficient (Wildman–Crippen LogP) is -0.651. The number of nitrogens with one attached hydrogen (secondary N) is 1. The number of likely N-dealkylation sites (tertiary alicyclic amines) is 1. The van der Waals surface area contributed by atoms with Gasteiger partial charge in [0.05, 0.1) is 5.75 Å². The summed E-state index contributed by atoms with van der Waals surface area (Å²) in [6.07, 6.45) is 2.89. The standard InChI is InChI=1S/C9H21N3O2S/c1-12-6-3-9(4-7-12)11-5-2-8-15(10,13)14/h9,11H,2-8H2,1H3,(H2,10,13,14). The Morgan fingerprint density at radius 1 is 1.40 bits per heavy atom. The Morgan fingerprint density at radius 3 is 2.53 bits per heavy atom. The van der Waals surface area contributed by atoms with E-state index in [1.165, 1.54) is 0 Å². The third-order valence-electron chi connectivity index (χ3n) is 2.76. The number of rotatable bonds is 5. The van der Waals surface area contributed by atoms with Crippen LogP contribution in [0.25, 0.3) is 0 Å². The third-order valence-corrected chi connectivity index (χ3v) is 3.61. The van der Waals surface area contributed by atoms with Crippen molar-refractivity contribution in [2.75, 3.05) is 32.4 Å². The van der Waals surface area contributed by atoms with E-state index in [1.54, 1.807) is 0 Å². The maximum absolute atomic E-state index is 10.7. The zero-order valence-electron chi connectivity index (χ0n) is 9.28. The largest absolute Gasteiger partial charge is 0.314 e. The SMILES string of the molecule is CN1CCC(NCCCS(N)(=O)=O)CC1. The molecule has 1 heterocycles. The van der Waals surface area contributed by atoms with E-state index in [4.69, 9.17) is 5.14 Å². The Bertz CT molecular complexity index is 271. The lowest BCUT2D eigenvalue weighted by atomic mass is 10.1. The lowest BCUT2D eigenvalue weighted by molar-refractivity contribution is 0.235. The quantitative estimate of drug-likeness (QED) is 0.621. The molecule has 0 aromatic rings. The summed E-state index contributed by atoms with van der Waals surface area (Å²) in [4.78, 5) is 2.31. The van der Waals surface area contributed by atoms with Gasteiger partial charge in [-0.3, -0.25) is 0 Å². The Balaban J connectivity index is 2.06. The van der Waals surface area contributed by atoms with E-state index in [-0.39, 0.29) is 5.75 Å².